The molecule has 6 nitrogen and oxygen atoms in total. The first kappa shape index (κ1) is 15.4. The van der Waals surface area contributed by atoms with Crippen molar-refractivity contribution < 1.29 is 14.1 Å². The molecule has 2 rings (SSSR count). The molecule has 0 aromatic heterocycles. The minimum absolute atomic E-state index is 0.0355. The minimum atomic E-state index is -0.794. The Balaban J connectivity index is 2.18. The van der Waals surface area contributed by atoms with Crippen LogP contribution < -0.4 is 10.6 Å². The summed E-state index contributed by atoms with van der Waals surface area (Å²) < 4.78 is 13.4. The Labute approximate surface area is 121 Å². The van der Waals surface area contributed by atoms with Crippen LogP contribution in [0.4, 0.5) is 10.1 Å². The van der Waals surface area contributed by atoms with Gasteiger partial charge in [0.2, 0.25) is 0 Å². The lowest BCUT2D eigenvalue weighted by atomic mass is 9.89. The fourth-order valence-corrected chi connectivity index (χ4v) is 2.65. The smallest absolute Gasteiger partial charge is 0.273 e. The SMILES string of the molecule is CC1CCNC(C)C1NC(=O)c1cc(F)cc([N+](=O)[O-])c1. The number of halogens is 1. The monoisotopic (exact) mass is 295 g/mol. The van der Waals surface area contributed by atoms with Crippen LogP contribution in [0, 0.1) is 21.8 Å². The number of hydrogen-bond donors (Lipinski definition) is 2. The maximum Gasteiger partial charge on any atom is 0.273 e. The minimum Gasteiger partial charge on any atom is -0.347 e. The second-order valence-electron chi connectivity index (χ2n) is 5.46. The van der Waals surface area contributed by atoms with Gasteiger partial charge in [-0.1, -0.05) is 6.92 Å². The van der Waals surface area contributed by atoms with Gasteiger partial charge in [-0.05, 0) is 31.9 Å². The van der Waals surface area contributed by atoms with Gasteiger partial charge < -0.3 is 10.6 Å². The average molecular weight is 295 g/mol. The van der Waals surface area contributed by atoms with Gasteiger partial charge in [-0.3, -0.25) is 14.9 Å². The van der Waals surface area contributed by atoms with E-state index in [0.717, 1.165) is 31.2 Å². The Bertz CT molecular complexity index is 554. The van der Waals surface area contributed by atoms with Crippen molar-refractivity contribution in [1.82, 2.24) is 10.6 Å². The summed E-state index contributed by atoms with van der Waals surface area (Å²) in [7, 11) is 0. The summed E-state index contributed by atoms with van der Waals surface area (Å²) in [6, 6.07) is 2.90. The van der Waals surface area contributed by atoms with Gasteiger partial charge in [0.1, 0.15) is 5.82 Å². The standard InChI is InChI=1S/C14H18FN3O3/c1-8-3-4-16-9(2)13(8)17-14(19)10-5-11(15)7-12(6-10)18(20)21/h5-9,13,16H,3-4H2,1-2H3,(H,17,19). The van der Waals surface area contributed by atoms with Crippen LogP contribution in [0.1, 0.15) is 30.6 Å². The number of hydrogen-bond acceptors (Lipinski definition) is 4. The molecule has 1 saturated heterocycles. The van der Waals surface area contributed by atoms with Crippen LogP contribution in [0.25, 0.3) is 0 Å². The molecule has 3 atom stereocenters. The highest BCUT2D eigenvalue weighted by Crippen LogP contribution is 2.19. The number of nitro benzene ring substituents is 1. The third-order valence-electron chi connectivity index (χ3n) is 3.87. The van der Waals surface area contributed by atoms with Gasteiger partial charge in [0.15, 0.2) is 0 Å². The average Bonchev–Trinajstić information content (AvgIpc) is 2.42. The van der Waals surface area contributed by atoms with Gasteiger partial charge in [0.25, 0.3) is 11.6 Å². The number of rotatable bonds is 3. The molecule has 2 N–H and O–H groups in total. The number of carbonyl (C=O) groups is 1. The summed E-state index contributed by atoms with van der Waals surface area (Å²) in [6.07, 6.45) is 0.929. The summed E-state index contributed by atoms with van der Waals surface area (Å²) in [5, 5.41) is 16.8. The number of carbonyl (C=O) groups excluding carboxylic acids is 1. The molecule has 1 aliphatic rings. The van der Waals surface area contributed by atoms with Crippen molar-refractivity contribution in [3.8, 4) is 0 Å². The van der Waals surface area contributed by atoms with Crippen LogP contribution >= 0.6 is 0 Å². The summed E-state index contributed by atoms with van der Waals surface area (Å²) in [6.45, 7) is 4.89. The van der Waals surface area contributed by atoms with E-state index in [1.54, 1.807) is 0 Å². The molecule has 1 fully saturated rings. The van der Waals surface area contributed by atoms with E-state index in [2.05, 4.69) is 10.6 Å². The van der Waals surface area contributed by atoms with E-state index in [-0.39, 0.29) is 23.6 Å². The van der Waals surface area contributed by atoms with E-state index in [4.69, 9.17) is 0 Å². The molecule has 7 heteroatoms. The number of nitrogens with zero attached hydrogens (tertiary/aromatic N) is 1. The topological polar surface area (TPSA) is 84.3 Å². The Morgan fingerprint density at radius 2 is 2.14 bits per heavy atom. The Kier molecular flexibility index (Phi) is 4.52. The van der Waals surface area contributed by atoms with Gasteiger partial charge in [-0.2, -0.15) is 0 Å². The number of nitrogens with one attached hydrogen (secondary N) is 2. The van der Waals surface area contributed by atoms with Crippen molar-refractivity contribution in [1.29, 1.82) is 0 Å². The van der Waals surface area contributed by atoms with E-state index >= 15 is 0 Å². The van der Waals surface area contributed by atoms with Crippen molar-refractivity contribution in [2.45, 2.75) is 32.4 Å². The number of benzene rings is 1. The molecule has 1 amide bonds. The highest BCUT2D eigenvalue weighted by molar-refractivity contribution is 5.95. The molecule has 0 bridgehead atoms. The summed E-state index contributed by atoms with van der Waals surface area (Å²) in [5.74, 6) is -1.00. The maximum atomic E-state index is 13.4. The second-order valence-corrected chi connectivity index (χ2v) is 5.46. The van der Waals surface area contributed by atoms with Crippen molar-refractivity contribution in [3.63, 3.8) is 0 Å². The predicted octanol–water partition coefficient (Wildman–Crippen LogP) is 1.85. The summed E-state index contributed by atoms with van der Waals surface area (Å²) in [4.78, 5) is 22.2. The molecule has 1 heterocycles. The molecule has 0 radical (unpaired) electrons. The number of piperidine rings is 1. The van der Waals surface area contributed by atoms with Gasteiger partial charge in [0.05, 0.1) is 11.0 Å². The van der Waals surface area contributed by atoms with Gasteiger partial charge in [0, 0.05) is 23.7 Å². The van der Waals surface area contributed by atoms with Crippen LogP contribution in [0.2, 0.25) is 0 Å². The van der Waals surface area contributed by atoms with Crippen LogP contribution in [0.5, 0.6) is 0 Å². The van der Waals surface area contributed by atoms with E-state index in [1.807, 2.05) is 13.8 Å². The molecule has 1 aromatic rings. The van der Waals surface area contributed by atoms with E-state index in [1.165, 1.54) is 0 Å². The first-order valence-electron chi connectivity index (χ1n) is 6.87. The Morgan fingerprint density at radius 3 is 2.76 bits per heavy atom. The largest absolute Gasteiger partial charge is 0.347 e. The van der Waals surface area contributed by atoms with Crippen LogP contribution in [-0.4, -0.2) is 29.5 Å². The molecule has 21 heavy (non-hydrogen) atoms. The molecule has 3 unspecified atom stereocenters. The lowest BCUT2D eigenvalue weighted by molar-refractivity contribution is -0.385. The van der Waals surface area contributed by atoms with Crippen molar-refractivity contribution in [2.24, 2.45) is 5.92 Å². The highest BCUT2D eigenvalue weighted by Gasteiger charge is 2.29. The van der Waals surface area contributed by atoms with Crippen LogP contribution in [-0.2, 0) is 0 Å². The lowest BCUT2D eigenvalue weighted by Gasteiger charge is -2.36. The predicted molar refractivity (Wildman–Crippen MR) is 75.6 cm³/mol. The molecular formula is C14H18FN3O3. The first-order chi connectivity index (χ1) is 9.88. The summed E-state index contributed by atoms with van der Waals surface area (Å²) >= 11 is 0. The zero-order valence-corrected chi connectivity index (χ0v) is 11.9. The molecule has 1 aliphatic heterocycles. The van der Waals surface area contributed by atoms with Crippen molar-refractivity contribution in [3.05, 3.63) is 39.7 Å². The van der Waals surface area contributed by atoms with Crippen LogP contribution in [0.3, 0.4) is 0 Å². The molecule has 0 saturated carbocycles. The highest BCUT2D eigenvalue weighted by atomic mass is 19.1. The van der Waals surface area contributed by atoms with E-state index in [0.29, 0.717) is 0 Å². The third kappa shape index (κ3) is 3.55. The maximum absolute atomic E-state index is 13.4. The first-order valence-corrected chi connectivity index (χ1v) is 6.87. The third-order valence-corrected chi connectivity index (χ3v) is 3.87. The fourth-order valence-electron chi connectivity index (χ4n) is 2.65. The Morgan fingerprint density at radius 1 is 1.43 bits per heavy atom. The van der Waals surface area contributed by atoms with Crippen molar-refractivity contribution >= 4 is 11.6 Å². The second kappa shape index (κ2) is 6.17. The molecular weight excluding hydrogens is 277 g/mol. The quantitative estimate of drug-likeness (QED) is 0.658. The summed E-state index contributed by atoms with van der Waals surface area (Å²) in [5.41, 5.74) is -0.463. The molecule has 1 aromatic carbocycles. The van der Waals surface area contributed by atoms with E-state index in [9.17, 15) is 19.3 Å². The van der Waals surface area contributed by atoms with Crippen molar-refractivity contribution in [2.75, 3.05) is 6.54 Å². The van der Waals surface area contributed by atoms with E-state index < -0.39 is 22.3 Å². The number of amides is 1. The zero-order chi connectivity index (χ0) is 15.6. The molecule has 0 aliphatic carbocycles. The van der Waals surface area contributed by atoms with Crippen LogP contribution in [0.15, 0.2) is 18.2 Å². The Hall–Kier alpha value is -2.02. The normalized spacial score (nSPS) is 25.4. The number of non-ortho nitro benzene ring substituents is 1. The molecule has 114 valence electrons. The van der Waals surface area contributed by atoms with Gasteiger partial charge >= 0.3 is 0 Å². The van der Waals surface area contributed by atoms with Gasteiger partial charge in [-0.25, -0.2) is 4.39 Å². The fraction of sp³-hybridized carbons (Fsp3) is 0.500. The number of nitro groups is 1. The zero-order valence-electron chi connectivity index (χ0n) is 11.9. The van der Waals surface area contributed by atoms with Gasteiger partial charge in [-0.15, -0.1) is 0 Å². The lowest BCUT2D eigenvalue weighted by Crippen LogP contribution is -2.55. The molecule has 0 spiro atoms.